The first-order valence-electron chi connectivity index (χ1n) is 16.3. The van der Waals surface area contributed by atoms with Crippen LogP contribution in [0, 0.1) is 5.92 Å². The van der Waals surface area contributed by atoms with Gasteiger partial charge in [-0.05, 0) is 51.9 Å². The quantitative estimate of drug-likeness (QED) is 0.0352. The van der Waals surface area contributed by atoms with Gasteiger partial charge in [-0.15, -0.1) is 0 Å². The number of likely N-dealkylation sites (tertiary alicyclic amines) is 1. The molecule has 0 bridgehead atoms. The van der Waals surface area contributed by atoms with Crippen LogP contribution in [0.5, 0.6) is 0 Å². The van der Waals surface area contributed by atoms with E-state index in [4.69, 9.17) is 17.2 Å². The average molecular weight is 683 g/mol. The Morgan fingerprint density at radius 1 is 0.875 bits per heavy atom. The lowest BCUT2D eigenvalue weighted by Gasteiger charge is -2.31. The number of carbonyl (C=O) groups is 7. The van der Waals surface area contributed by atoms with Gasteiger partial charge in [0.2, 0.25) is 41.4 Å². The Hall–Kier alpha value is -4.48. The van der Waals surface area contributed by atoms with Gasteiger partial charge in [0.15, 0.2) is 5.96 Å². The molecule has 0 aromatic rings. The molecule has 0 aromatic heterocycles. The summed E-state index contributed by atoms with van der Waals surface area (Å²) in [5.41, 5.74) is 16.1. The van der Waals surface area contributed by atoms with Crippen molar-refractivity contribution in [1.29, 1.82) is 0 Å². The standard InChI is InChI=1S/C30H54N10O8/c1-6-16(3)23(39-25(44)19(12-13-22(31)43)37-28(47)24(17(4)41)36-18(5)42)27(46)38-20(10-8-14-35-30(32)33)29(48)40-15-9-11-21(40)26(45)34-7-2/h16-17,19-21,23-24,41H,6-15H2,1-5H3,(H2,31,43)(H,34,45)(H,36,42)(H,37,47)(H,38,46)(H,39,44)(H4,32,33,35)/t16-,17+,19+,20-,21-,23-,24-/m0/s1. The number of nitrogens with zero attached hydrogens (tertiary/aromatic N) is 2. The molecule has 0 aliphatic carbocycles. The maximum Gasteiger partial charge on any atom is 0.245 e. The molecule has 48 heavy (non-hydrogen) atoms. The maximum atomic E-state index is 13.8. The van der Waals surface area contributed by atoms with Crippen LogP contribution in [0.15, 0.2) is 4.99 Å². The van der Waals surface area contributed by atoms with Crippen molar-refractivity contribution < 1.29 is 38.7 Å². The van der Waals surface area contributed by atoms with Gasteiger partial charge >= 0.3 is 0 Å². The maximum absolute atomic E-state index is 13.8. The number of hydrogen-bond donors (Lipinski definition) is 9. The van der Waals surface area contributed by atoms with Crippen LogP contribution in [0.3, 0.4) is 0 Å². The summed E-state index contributed by atoms with van der Waals surface area (Å²) in [5, 5.41) is 22.9. The van der Waals surface area contributed by atoms with E-state index in [1.165, 1.54) is 11.8 Å². The summed E-state index contributed by atoms with van der Waals surface area (Å²) in [7, 11) is 0. The Morgan fingerprint density at radius 2 is 1.50 bits per heavy atom. The molecule has 1 rings (SSSR count). The first kappa shape index (κ1) is 41.5. The van der Waals surface area contributed by atoms with E-state index in [1.54, 1.807) is 20.8 Å². The number of aliphatic hydroxyl groups excluding tert-OH is 1. The number of likely N-dealkylation sites (N-methyl/N-ethyl adjacent to an activating group) is 1. The average Bonchev–Trinajstić information content (AvgIpc) is 3.51. The third-order valence-electron chi connectivity index (χ3n) is 7.98. The molecule has 0 unspecified atom stereocenters. The fourth-order valence-corrected chi connectivity index (χ4v) is 5.21. The van der Waals surface area contributed by atoms with Gasteiger partial charge in [0.1, 0.15) is 30.2 Å². The minimum absolute atomic E-state index is 0.127. The van der Waals surface area contributed by atoms with E-state index >= 15 is 0 Å². The number of amides is 7. The van der Waals surface area contributed by atoms with E-state index in [0.717, 1.165) is 6.92 Å². The van der Waals surface area contributed by atoms with E-state index in [2.05, 4.69) is 31.6 Å². The third-order valence-corrected chi connectivity index (χ3v) is 7.98. The third kappa shape index (κ3) is 13.7. The van der Waals surface area contributed by atoms with Gasteiger partial charge < -0.3 is 53.8 Å². The van der Waals surface area contributed by atoms with Crippen molar-refractivity contribution in [2.75, 3.05) is 19.6 Å². The van der Waals surface area contributed by atoms with Crippen LogP contribution < -0.4 is 43.8 Å². The second-order valence-corrected chi connectivity index (χ2v) is 12.0. The first-order valence-corrected chi connectivity index (χ1v) is 16.3. The molecule has 1 heterocycles. The molecule has 1 saturated heterocycles. The lowest BCUT2D eigenvalue weighted by atomic mass is 9.96. The highest BCUT2D eigenvalue weighted by Gasteiger charge is 2.39. The van der Waals surface area contributed by atoms with E-state index < -0.39 is 77.7 Å². The molecule has 1 aliphatic heterocycles. The van der Waals surface area contributed by atoms with Gasteiger partial charge in [0.05, 0.1) is 6.10 Å². The fraction of sp³-hybridized carbons (Fsp3) is 0.733. The number of nitrogens with two attached hydrogens (primary N) is 3. The first-order chi connectivity index (χ1) is 22.5. The Balaban J connectivity index is 3.31. The Kier molecular flexibility index (Phi) is 17.9. The molecule has 0 aromatic carbocycles. The zero-order chi connectivity index (χ0) is 36.6. The monoisotopic (exact) mass is 682 g/mol. The predicted molar refractivity (Wildman–Crippen MR) is 176 cm³/mol. The highest BCUT2D eigenvalue weighted by atomic mass is 16.3. The van der Waals surface area contributed by atoms with E-state index in [-0.39, 0.29) is 37.7 Å². The van der Waals surface area contributed by atoms with Gasteiger partial charge in [-0.2, -0.15) is 0 Å². The van der Waals surface area contributed by atoms with Crippen LogP contribution in [0.25, 0.3) is 0 Å². The topological polar surface area (TPSA) is 294 Å². The second kappa shape index (κ2) is 20.7. The number of aliphatic imine (C=N–C) groups is 1. The van der Waals surface area contributed by atoms with Crippen molar-refractivity contribution in [2.24, 2.45) is 28.1 Å². The predicted octanol–water partition coefficient (Wildman–Crippen LogP) is -3.18. The van der Waals surface area contributed by atoms with Crippen molar-refractivity contribution in [1.82, 2.24) is 31.5 Å². The van der Waals surface area contributed by atoms with E-state index in [0.29, 0.717) is 38.8 Å². The van der Waals surface area contributed by atoms with Gasteiger partial charge in [-0.3, -0.25) is 38.6 Å². The van der Waals surface area contributed by atoms with E-state index in [1.807, 2.05) is 0 Å². The van der Waals surface area contributed by atoms with Crippen LogP contribution in [-0.2, 0) is 33.6 Å². The molecule has 272 valence electrons. The SMILES string of the molecule is CCNC(=O)[C@@H]1CCCN1C(=O)[C@H](CCCN=C(N)N)NC(=O)[C@@H](NC(=O)[C@@H](CCC(N)=O)NC(=O)[C@@H](NC(C)=O)[C@@H](C)O)[C@@H](C)CC. The normalized spacial score (nSPS) is 17.8. The Labute approximate surface area is 281 Å². The number of aliphatic hydroxyl groups is 1. The Bertz CT molecular complexity index is 1180. The lowest BCUT2D eigenvalue weighted by molar-refractivity contribution is -0.142. The summed E-state index contributed by atoms with van der Waals surface area (Å²) in [4.78, 5) is 95.3. The van der Waals surface area contributed by atoms with Crippen molar-refractivity contribution >= 4 is 47.3 Å². The molecule has 1 fully saturated rings. The molecule has 0 spiro atoms. The van der Waals surface area contributed by atoms with Crippen molar-refractivity contribution in [3.05, 3.63) is 0 Å². The minimum Gasteiger partial charge on any atom is -0.391 e. The van der Waals surface area contributed by atoms with Gasteiger partial charge in [0, 0.05) is 33.0 Å². The molecule has 0 saturated carbocycles. The highest BCUT2D eigenvalue weighted by Crippen LogP contribution is 2.20. The summed E-state index contributed by atoms with van der Waals surface area (Å²) < 4.78 is 0. The number of guanidine groups is 1. The molecule has 18 heteroatoms. The number of primary amides is 1. The van der Waals surface area contributed by atoms with Crippen LogP contribution >= 0.6 is 0 Å². The molecular weight excluding hydrogens is 628 g/mol. The highest BCUT2D eigenvalue weighted by molar-refractivity contribution is 5.97. The van der Waals surface area contributed by atoms with Crippen molar-refractivity contribution in [3.63, 3.8) is 0 Å². The molecule has 0 radical (unpaired) electrons. The molecular formula is C30H54N10O8. The lowest BCUT2D eigenvalue weighted by Crippen LogP contribution is -2.61. The van der Waals surface area contributed by atoms with E-state index in [9.17, 15) is 38.7 Å². The number of carbonyl (C=O) groups excluding carboxylic acids is 7. The molecule has 7 atom stereocenters. The fourth-order valence-electron chi connectivity index (χ4n) is 5.21. The van der Waals surface area contributed by atoms with Crippen LogP contribution in [0.2, 0.25) is 0 Å². The Morgan fingerprint density at radius 3 is 2.04 bits per heavy atom. The van der Waals surface area contributed by atoms with Crippen molar-refractivity contribution in [3.8, 4) is 0 Å². The summed E-state index contributed by atoms with van der Waals surface area (Å²) >= 11 is 0. The summed E-state index contributed by atoms with van der Waals surface area (Å²) in [5.74, 6) is -5.11. The van der Waals surface area contributed by atoms with Crippen LogP contribution in [0.1, 0.15) is 79.6 Å². The molecule has 1 aliphatic rings. The number of nitrogens with one attached hydrogen (secondary N) is 5. The zero-order valence-electron chi connectivity index (χ0n) is 28.5. The second-order valence-electron chi connectivity index (χ2n) is 12.0. The van der Waals surface area contributed by atoms with Crippen LogP contribution in [-0.4, -0.2) is 113 Å². The summed E-state index contributed by atoms with van der Waals surface area (Å²) in [6, 6.07) is -5.75. The van der Waals surface area contributed by atoms with Gasteiger partial charge in [0.25, 0.3) is 0 Å². The molecule has 12 N–H and O–H groups in total. The summed E-state index contributed by atoms with van der Waals surface area (Å²) in [6.07, 6.45) is 0.0769. The van der Waals surface area contributed by atoms with Gasteiger partial charge in [-0.1, -0.05) is 20.3 Å². The molecule has 7 amide bonds. The zero-order valence-corrected chi connectivity index (χ0v) is 28.5. The molecule has 18 nitrogen and oxygen atoms in total. The minimum atomic E-state index is -1.40. The van der Waals surface area contributed by atoms with Crippen molar-refractivity contribution in [2.45, 2.75) is 116 Å². The van der Waals surface area contributed by atoms with Crippen LogP contribution in [0.4, 0.5) is 0 Å². The smallest absolute Gasteiger partial charge is 0.245 e. The number of rotatable bonds is 20. The number of hydrogen-bond acceptors (Lipinski definition) is 9. The largest absolute Gasteiger partial charge is 0.391 e. The summed E-state index contributed by atoms with van der Waals surface area (Å²) in [6.45, 7) is 8.59. The van der Waals surface area contributed by atoms with Gasteiger partial charge in [-0.25, -0.2) is 0 Å².